The predicted octanol–water partition coefficient (Wildman–Crippen LogP) is 2.03. The summed E-state index contributed by atoms with van der Waals surface area (Å²) < 4.78 is 26.8. The maximum absolute atomic E-state index is 12.2. The van der Waals surface area contributed by atoms with Gasteiger partial charge in [0.05, 0.1) is 11.4 Å². The molecule has 2 N–H and O–H groups in total. The molecule has 0 radical (unpaired) electrons. The van der Waals surface area contributed by atoms with E-state index in [4.69, 9.17) is 0 Å². The van der Waals surface area contributed by atoms with Crippen molar-refractivity contribution in [3.63, 3.8) is 0 Å². The molecule has 5 nitrogen and oxygen atoms in total. The van der Waals surface area contributed by atoms with Gasteiger partial charge in [0.2, 0.25) is 15.9 Å². The minimum Gasteiger partial charge on any atom is -0.352 e. The molecule has 1 aromatic rings. The number of rotatable bonds is 5. The number of nitrogens with one attached hydrogen (secondary N) is 2. The zero-order valence-corrected chi connectivity index (χ0v) is 14.0. The first-order valence-electron chi connectivity index (χ1n) is 7.75. The molecule has 22 heavy (non-hydrogen) atoms. The average molecular weight is 324 g/mol. The first-order chi connectivity index (χ1) is 10.4. The molecule has 0 unspecified atom stereocenters. The molecule has 2 rings (SSSR count). The van der Waals surface area contributed by atoms with E-state index in [2.05, 4.69) is 10.0 Å². The number of hydrogen-bond acceptors (Lipinski definition) is 3. The van der Waals surface area contributed by atoms with E-state index in [1.165, 1.54) is 6.42 Å². The summed E-state index contributed by atoms with van der Waals surface area (Å²) in [4.78, 5) is 12.1. The molecular formula is C16H24N2O3S. The second-order valence-electron chi connectivity index (χ2n) is 5.97. The fraction of sp³-hybridized carbons (Fsp3) is 0.562. The summed E-state index contributed by atoms with van der Waals surface area (Å²) in [6.07, 6.45) is 5.43. The average Bonchev–Trinajstić information content (AvgIpc) is 2.49. The zero-order chi connectivity index (χ0) is 16.2. The fourth-order valence-electron chi connectivity index (χ4n) is 2.65. The SMILES string of the molecule is Cc1ccc(S(=O)(=O)NCC(=O)NC2CCCCC2)cc1C. The van der Waals surface area contributed by atoms with Gasteiger partial charge in [-0.2, -0.15) is 0 Å². The van der Waals surface area contributed by atoms with Crippen LogP contribution in [0.5, 0.6) is 0 Å². The molecule has 0 atom stereocenters. The Balaban J connectivity index is 1.91. The highest BCUT2D eigenvalue weighted by Crippen LogP contribution is 2.17. The van der Waals surface area contributed by atoms with E-state index < -0.39 is 10.0 Å². The maximum atomic E-state index is 12.2. The molecule has 1 fully saturated rings. The maximum Gasteiger partial charge on any atom is 0.241 e. The van der Waals surface area contributed by atoms with Crippen LogP contribution in [-0.2, 0) is 14.8 Å². The molecule has 0 bridgehead atoms. The number of sulfonamides is 1. The van der Waals surface area contributed by atoms with E-state index in [-0.39, 0.29) is 23.4 Å². The highest BCUT2D eigenvalue weighted by atomic mass is 32.2. The molecule has 0 aromatic heterocycles. The number of benzene rings is 1. The Kier molecular flexibility index (Phi) is 5.58. The van der Waals surface area contributed by atoms with Crippen LogP contribution in [0.2, 0.25) is 0 Å². The van der Waals surface area contributed by atoms with Crippen molar-refractivity contribution in [3.8, 4) is 0 Å². The summed E-state index contributed by atoms with van der Waals surface area (Å²) in [5.41, 5.74) is 1.95. The molecule has 1 aliphatic rings. The van der Waals surface area contributed by atoms with E-state index in [9.17, 15) is 13.2 Å². The smallest absolute Gasteiger partial charge is 0.241 e. The molecule has 6 heteroatoms. The van der Waals surface area contributed by atoms with Crippen LogP contribution in [0.25, 0.3) is 0 Å². The molecule has 122 valence electrons. The Morgan fingerprint density at radius 3 is 2.45 bits per heavy atom. The lowest BCUT2D eigenvalue weighted by Crippen LogP contribution is -2.42. The van der Waals surface area contributed by atoms with Crippen molar-refractivity contribution in [2.75, 3.05) is 6.54 Å². The van der Waals surface area contributed by atoms with Gasteiger partial charge in [0.1, 0.15) is 0 Å². The monoisotopic (exact) mass is 324 g/mol. The van der Waals surface area contributed by atoms with Gasteiger partial charge in [-0.25, -0.2) is 13.1 Å². The van der Waals surface area contributed by atoms with Crippen molar-refractivity contribution < 1.29 is 13.2 Å². The molecule has 0 spiro atoms. The van der Waals surface area contributed by atoms with Gasteiger partial charge in [0.25, 0.3) is 0 Å². The first-order valence-corrected chi connectivity index (χ1v) is 9.23. The summed E-state index contributed by atoms with van der Waals surface area (Å²) in [6.45, 7) is 3.58. The fourth-order valence-corrected chi connectivity index (χ4v) is 3.72. The molecule has 1 amide bonds. The molecule has 0 saturated heterocycles. The topological polar surface area (TPSA) is 75.3 Å². The van der Waals surface area contributed by atoms with E-state index in [0.29, 0.717) is 0 Å². The van der Waals surface area contributed by atoms with Crippen molar-refractivity contribution in [2.45, 2.75) is 56.9 Å². The Morgan fingerprint density at radius 1 is 1.14 bits per heavy atom. The number of amides is 1. The van der Waals surface area contributed by atoms with E-state index in [1.54, 1.807) is 18.2 Å². The van der Waals surface area contributed by atoms with Crippen LogP contribution in [0.3, 0.4) is 0 Å². The molecular weight excluding hydrogens is 300 g/mol. The van der Waals surface area contributed by atoms with Crippen LogP contribution < -0.4 is 10.0 Å². The Morgan fingerprint density at radius 2 is 1.82 bits per heavy atom. The normalized spacial score (nSPS) is 16.5. The third-order valence-corrected chi connectivity index (χ3v) is 5.58. The molecule has 0 aliphatic heterocycles. The number of carbonyl (C=O) groups is 1. The van der Waals surface area contributed by atoms with E-state index in [1.807, 2.05) is 13.8 Å². The summed E-state index contributed by atoms with van der Waals surface area (Å²) >= 11 is 0. The van der Waals surface area contributed by atoms with Crippen LogP contribution in [0.4, 0.5) is 0 Å². The minimum atomic E-state index is -3.65. The zero-order valence-electron chi connectivity index (χ0n) is 13.2. The van der Waals surface area contributed by atoms with Gasteiger partial charge in [-0.1, -0.05) is 25.3 Å². The lowest BCUT2D eigenvalue weighted by molar-refractivity contribution is -0.120. The van der Waals surface area contributed by atoms with Crippen molar-refractivity contribution in [2.24, 2.45) is 0 Å². The molecule has 1 aromatic carbocycles. The van der Waals surface area contributed by atoms with Gasteiger partial charge >= 0.3 is 0 Å². The van der Waals surface area contributed by atoms with Crippen LogP contribution >= 0.6 is 0 Å². The second kappa shape index (κ2) is 7.24. The van der Waals surface area contributed by atoms with Gasteiger partial charge in [-0.3, -0.25) is 4.79 Å². The lowest BCUT2D eigenvalue weighted by atomic mass is 9.95. The number of carbonyl (C=O) groups excluding carboxylic acids is 1. The predicted molar refractivity (Wildman–Crippen MR) is 86.1 cm³/mol. The van der Waals surface area contributed by atoms with E-state index >= 15 is 0 Å². The van der Waals surface area contributed by atoms with E-state index in [0.717, 1.165) is 36.8 Å². The van der Waals surface area contributed by atoms with Gasteiger partial charge < -0.3 is 5.32 Å². The first kappa shape index (κ1) is 17.0. The quantitative estimate of drug-likeness (QED) is 0.870. The second-order valence-corrected chi connectivity index (χ2v) is 7.74. The van der Waals surface area contributed by atoms with Crippen LogP contribution in [-0.4, -0.2) is 26.9 Å². The summed E-state index contributed by atoms with van der Waals surface area (Å²) in [7, 11) is -3.65. The largest absolute Gasteiger partial charge is 0.352 e. The summed E-state index contributed by atoms with van der Waals surface area (Å²) in [5, 5.41) is 2.90. The molecule has 1 saturated carbocycles. The van der Waals surface area contributed by atoms with Gasteiger partial charge in [0, 0.05) is 6.04 Å². The third-order valence-electron chi connectivity index (χ3n) is 4.18. The Labute approximate surface area is 132 Å². The Bertz CT molecular complexity index is 635. The number of hydrogen-bond donors (Lipinski definition) is 2. The lowest BCUT2D eigenvalue weighted by Gasteiger charge is -2.22. The van der Waals surface area contributed by atoms with Crippen molar-refractivity contribution in [1.29, 1.82) is 0 Å². The highest BCUT2D eigenvalue weighted by Gasteiger charge is 2.19. The van der Waals surface area contributed by atoms with Gasteiger partial charge in [-0.05, 0) is 49.9 Å². The van der Waals surface area contributed by atoms with Crippen LogP contribution in [0.1, 0.15) is 43.2 Å². The highest BCUT2D eigenvalue weighted by molar-refractivity contribution is 7.89. The minimum absolute atomic E-state index is 0.187. The van der Waals surface area contributed by atoms with Crippen molar-refractivity contribution in [1.82, 2.24) is 10.0 Å². The number of aryl methyl sites for hydroxylation is 2. The third kappa shape index (κ3) is 4.55. The molecule has 1 aliphatic carbocycles. The van der Waals surface area contributed by atoms with Gasteiger partial charge in [-0.15, -0.1) is 0 Å². The van der Waals surface area contributed by atoms with Crippen molar-refractivity contribution in [3.05, 3.63) is 29.3 Å². The summed E-state index contributed by atoms with van der Waals surface area (Å²) in [6, 6.07) is 5.14. The Hall–Kier alpha value is -1.40. The van der Waals surface area contributed by atoms with Crippen LogP contribution in [0, 0.1) is 13.8 Å². The molecule has 0 heterocycles. The van der Waals surface area contributed by atoms with Gasteiger partial charge in [0.15, 0.2) is 0 Å². The van der Waals surface area contributed by atoms with Crippen LogP contribution in [0.15, 0.2) is 23.1 Å². The summed E-state index contributed by atoms with van der Waals surface area (Å²) in [5.74, 6) is -0.265. The van der Waals surface area contributed by atoms with Crippen molar-refractivity contribution >= 4 is 15.9 Å². The standard InChI is InChI=1S/C16H24N2O3S/c1-12-8-9-15(10-13(12)2)22(20,21)17-11-16(19)18-14-6-4-3-5-7-14/h8-10,14,17H,3-7,11H2,1-2H3,(H,18,19).